The molecule has 2 N–H and O–H groups in total. The fourth-order valence-corrected chi connectivity index (χ4v) is 2.49. The standard InChI is InChI=1S/C14H20N2OS/c1-10-5-3-6-12(9-10)16-14(18)15-11(2)13-7-4-8-17-13/h3,5-6,9,11,13H,4,7-8H2,1-2H3,(H2,15,16,18). The van der Waals surface area contributed by atoms with Crippen molar-refractivity contribution >= 4 is 23.0 Å². The number of ether oxygens (including phenoxy) is 1. The molecule has 1 aliphatic heterocycles. The lowest BCUT2D eigenvalue weighted by atomic mass is 10.1. The van der Waals surface area contributed by atoms with Gasteiger partial charge in [0.1, 0.15) is 0 Å². The van der Waals surface area contributed by atoms with Gasteiger partial charge >= 0.3 is 0 Å². The minimum atomic E-state index is 0.248. The van der Waals surface area contributed by atoms with E-state index < -0.39 is 0 Å². The maximum absolute atomic E-state index is 5.64. The van der Waals surface area contributed by atoms with Crippen molar-refractivity contribution in [2.45, 2.75) is 38.8 Å². The number of hydrogen-bond donors (Lipinski definition) is 2. The topological polar surface area (TPSA) is 33.3 Å². The van der Waals surface area contributed by atoms with Gasteiger partial charge in [-0.25, -0.2) is 0 Å². The van der Waals surface area contributed by atoms with Crippen LogP contribution in [0, 0.1) is 6.92 Å². The van der Waals surface area contributed by atoms with Crippen LogP contribution in [0.5, 0.6) is 0 Å². The zero-order valence-corrected chi connectivity index (χ0v) is 11.7. The van der Waals surface area contributed by atoms with Crippen LogP contribution in [0.2, 0.25) is 0 Å². The average Bonchev–Trinajstić information content (AvgIpc) is 2.81. The molecule has 2 unspecified atom stereocenters. The van der Waals surface area contributed by atoms with Crippen LogP contribution in [0.15, 0.2) is 24.3 Å². The average molecular weight is 264 g/mol. The number of nitrogens with one attached hydrogen (secondary N) is 2. The minimum Gasteiger partial charge on any atom is -0.376 e. The Balaban J connectivity index is 1.84. The SMILES string of the molecule is Cc1cccc(NC(=S)NC(C)C2CCCO2)c1. The summed E-state index contributed by atoms with van der Waals surface area (Å²) in [7, 11) is 0. The Bertz CT molecular complexity index is 416. The Morgan fingerprint density at radius 3 is 3.00 bits per heavy atom. The molecular formula is C14H20N2OS. The Morgan fingerprint density at radius 1 is 1.50 bits per heavy atom. The summed E-state index contributed by atoms with van der Waals surface area (Å²) in [5.41, 5.74) is 2.24. The molecule has 3 nitrogen and oxygen atoms in total. The predicted octanol–water partition coefficient (Wildman–Crippen LogP) is 2.85. The summed E-state index contributed by atoms with van der Waals surface area (Å²) in [6, 6.07) is 8.42. The van der Waals surface area contributed by atoms with Gasteiger partial charge in [0.25, 0.3) is 0 Å². The molecule has 0 spiro atoms. The van der Waals surface area contributed by atoms with Gasteiger partial charge in [0, 0.05) is 12.3 Å². The van der Waals surface area contributed by atoms with E-state index in [1.807, 2.05) is 12.1 Å². The first-order chi connectivity index (χ1) is 8.65. The highest BCUT2D eigenvalue weighted by Crippen LogP contribution is 2.15. The number of thiocarbonyl (C=S) groups is 1. The monoisotopic (exact) mass is 264 g/mol. The molecule has 0 aromatic heterocycles. The fourth-order valence-electron chi connectivity index (χ4n) is 2.19. The molecule has 1 heterocycles. The van der Waals surface area contributed by atoms with Gasteiger partial charge in [-0.2, -0.15) is 0 Å². The van der Waals surface area contributed by atoms with Crippen LogP contribution in [0.4, 0.5) is 5.69 Å². The van der Waals surface area contributed by atoms with Gasteiger partial charge in [-0.1, -0.05) is 12.1 Å². The molecule has 1 aromatic carbocycles. The third kappa shape index (κ3) is 3.68. The number of benzene rings is 1. The number of hydrogen-bond acceptors (Lipinski definition) is 2. The third-order valence-corrected chi connectivity index (χ3v) is 3.38. The van der Waals surface area contributed by atoms with Crippen LogP contribution < -0.4 is 10.6 Å². The molecule has 0 amide bonds. The summed E-state index contributed by atoms with van der Waals surface area (Å²) in [6.07, 6.45) is 2.54. The largest absolute Gasteiger partial charge is 0.376 e. The molecule has 0 radical (unpaired) electrons. The second-order valence-corrected chi connectivity index (χ2v) is 5.22. The lowest BCUT2D eigenvalue weighted by molar-refractivity contribution is 0.0895. The first kappa shape index (κ1) is 13.3. The summed E-state index contributed by atoms with van der Waals surface area (Å²) in [5.74, 6) is 0. The summed E-state index contributed by atoms with van der Waals surface area (Å²) in [4.78, 5) is 0. The molecule has 4 heteroatoms. The van der Waals surface area contributed by atoms with Crippen molar-refractivity contribution in [1.82, 2.24) is 5.32 Å². The van der Waals surface area contributed by atoms with Gasteiger partial charge in [0.05, 0.1) is 12.1 Å². The molecular weight excluding hydrogens is 244 g/mol. The summed E-state index contributed by atoms with van der Waals surface area (Å²) >= 11 is 5.31. The molecule has 2 rings (SSSR count). The highest BCUT2D eigenvalue weighted by Gasteiger charge is 2.22. The number of aryl methyl sites for hydroxylation is 1. The van der Waals surface area contributed by atoms with E-state index in [0.29, 0.717) is 5.11 Å². The second kappa shape index (κ2) is 6.16. The van der Waals surface area contributed by atoms with Crippen molar-refractivity contribution in [3.63, 3.8) is 0 Å². The zero-order valence-electron chi connectivity index (χ0n) is 10.9. The van der Waals surface area contributed by atoms with Gasteiger partial charge in [0.15, 0.2) is 5.11 Å². The molecule has 2 atom stereocenters. The Morgan fingerprint density at radius 2 is 2.33 bits per heavy atom. The van der Waals surface area contributed by atoms with E-state index >= 15 is 0 Å². The highest BCUT2D eigenvalue weighted by atomic mass is 32.1. The minimum absolute atomic E-state index is 0.248. The molecule has 1 fully saturated rings. The number of rotatable bonds is 3. The van der Waals surface area contributed by atoms with Gasteiger partial charge < -0.3 is 15.4 Å². The molecule has 0 bridgehead atoms. The molecule has 18 heavy (non-hydrogen) atoms. The fraction of sp³-hybridized carbons (Fsp3) is 0.500. The van der Waals surface area contributed by atoms with Crippen LogP contribution in [0.25, 0.3) is 0 Å². The maximum Gasteiger partial charge on any atom is 0.171 e. The van der Waals surface area contributed by atoms with Crippen LogP contribution in [0.3, 0.4) is 0 Å². The molecule has 1 aliphatic rings. The van der Waals surface area contributed by atoms with Crippen LogP contribution in [-0.2, 0) is 4.74 Å². The summed E-state index contributed by atoms with van der Waals surface area (Å²) in [6.45, 7) is 5.05. The van der Waals surface area contributed by atoms with Crippen LogP contribution >= 0.6 is 12.2 Å². The molecule has 1 aromatic rings. The lowest BCUT2D eigenvalue weighted by Gasteiger charge is -2.22. The van der Waals surface area contributed by atoms with E-state index in [1.54, 1.807) is 0 Å². The van der Waals surface area contributed by atoms with E-state index in [4.69, 9.17) is 17.0 Å². The quantitative estimate of drug-likeness (QED) is 0.823. The predicted molar refractivity (Wildman–Crippen MR) is 79.0 cm³/mol. The normalized spacial score (nSPS) is 20.4. The van der Waals surface area contributed by atoms with E-state index in [1.165, 1.54) is 5.56 Å². The van der Waals surface area contributed by atoms with Gasteiger partial charge in [-0.05, 0) is 56.6 Å². The van der Waals surface area contributed by atoms with E-state index in [2.05, 4.69) is 36.6 Å². The lowest BCUT2D eigenvalue weighted by Crippen LogP contribution is -2.42. The Labute approximate surface area is 114 Å². The van der Waals surface area contributed by atoms with E-state index in [0.717, 1.165) is 25.1 Å². The zero-order chi connectivity index (χ0) is 13.0. The number of anilines is 1. The Hall–Kier alpha value is -1.13. The van der Waals surface area contributed by atoms with E-state index in [9.17, 15) is 0 Å². The van der Waals surface area contributed by atoms with Crippen molar-refractivity contribution in [2.24, 2.45) is 0 Å². The first-order valence-corrected chi connectivity index (χ1v) is 6.82. The second-order valence-electron chi connectivity index (χ2n) is 4.81. The van der Waals surface area contributed by atoms with E-state index in [-0.39, 0.29) is 12.1 Å². The molecule has 98 valence electrons. The third-order valence-electron chi connectivity index (χ3n) is 3.16. The molecule has 0 saturated carbocycles. The maximum atomic E-state index is 5.64. The Kier molecular flexibility index (Phi) is 4.55. The molecule has 1 saturated heterocycles. The van der Waals surface area contributed by atoms with Crippen LogP contribution in [0.1, 0.15) is 25.3 Å². The van der Waals surface area contributed by atoms with Crippen molar-refractivity contribution < 1.29 is 4.74 Å². The smallest absolute Gasteiger partial charge is 0.171 e. The van der Waals surface area contributed by atoms with Crippen molar-refractivity contribution in [3.05, 3.63) is 29.8 Å². The van der Waals surface area contributed by atoms with Crippen molar-refractivity contribution in [3.8, 4) is 0 Å². The van der Waals surface area contributed by atoms with Crippen LogP contribution in [-0.4, -0.2) is 23.9 Å². The summed E-state index contributed by atoms with van der Waals surface area (Å²) in [5, 5.41) is 7.14. The van der Waals surface area contributed by atoms with Crippen molar-refractivity contribution in [2.75, 3.05) is 11.9 Å². The van der Waals surface area contributed by atoms with Gasteiger partial charge in [-0.15, -0.1) is 0 Å². The highest BCUT2D eigenvalue weighted by molar-refractivity contribution is 7.80. The molecule has 0 aliphatic carbocycles. The van der Waals surface area contributed by atoms with Crippen molar-refractivity contribution in [1.29, 1.82) is 0 Å². The van der Waals surface area contributed by atoms with Gasteiger partial charge in [-0.3, -0.25) is 0 Å². The summed E-state index contributed by atoms with van der Waals surface area (Å²) < 4.78 is 5.64. The first-order valence-electron chi connectivity index (χ1n) is 6.41. The van der Waals surface area contributed by atoms with Gasteiger partial charge in [0.2, 0.25) is 0 Å².